The summed E-state index contributed by atoms with van der Waals surface area (Å²) < 4.78 is 11.4. The smallest absolute Gasteiger partial charge is 0.246 e. The van der Waals surface area contributed by atoms with Crippen molar-refractivity contribution in [3.63, 3.8) is 0 Å². The molecule has 132 valence electrons. The summed E-state index contributed by atoms with van der Waals surface area (Å²) in [4.78, 5) is 16.2. The van der Waals surface area contributed by atoms with Gasteiger partial charge in [0.1, 0.15) is 12.7 Å². The van der Waals surface area contributed by atoms with Crippen LogP contribution in [-0.4, -0.2) is 29.6 Å². The van der Waals surface area contributed by atoms with Crippen molar-refractivity contribution < 1.29 is 14.3 Å². The number of benzene rings is 1. The quantitative estimate of drug-likeness (QED) is 0.841. The molecule has 1 aromatic carbocycles. The molecule has 1 fully saturated rings. The van der Waals surface area contributed by atoms with Crippen molar-refractivity contribution >= 4 is 5.91 Å². The van der Waals surface area contributed by atoms with Crippen molar-refractivity contribution in [1.82, 2.24) is 10.3 Å². The van der Waals surface area contributed by atoms with E-state index in [1.54, 1.807) is 6.20 Å². The first-order chi connectivity index (χ1) is 12.3. The van der Waals surface area contributed by atoms with Crippen molar-refractivity contribution in [3.05, 3.63) is 60.3 Å². The van der Waals surface area contributed by atoms with E-state index in [1.165, 1.54) is 0 Å². The molecule has 0 saturated heterocycles. The molecule has 1 aliphatic rings. The standard InChI is InChI=1S/C20H24N2O3/c23-19(15-24-14-16-6-2-1-3-7-16)22-17-9-11-18(12-10-17)25-20-8-4-5-13-21-20/h1-8,13,17-18H,9-12,14-15H2,(H,22,23). The van der Waals surface area contributed by atoms with Crippen LogP contribution in [0.4, 0.5) is 0 Å². The van der Waals surface area contributed by atoms with Gasteiger partial charge in [-0.15, -0.1) is 0 Å². The van der Waals surface area contributed by atoms with Gasteiger partial charge in [0.2, 0.25) is 11.8 Å². The fraction of sp³-hybridized carbons (Fsp3) is 0.400. The number of ether oxygens (including phenoxy) is 2. The predicted molar refractivity (Wildman–Crippen MR) is 95.1 cm³/mol. The van der Waals surface area contributed by atoms with Crippen LogP contribution < -0.4 is 10.1 Å². The number of pyridine rings is 1. The predicted octanol–water partition coefficient (Wildman–Crippen LogP) is 3.10. The van der Waals surface area contributed by atoms with E-state index in [4.69, 9.17) is 9.47 Å². The Bertz CT molecular complexity index is 641. The normalized spacial score (nSPS) is 20.0. The number of hydrogen-bond acceptors (Lipinski definition) is 4. The highest BCUT2D eigenvalue weighted by molar-refractivity contribution is 5.77. The van der Waals surface area contributed by atoms with Gasteiger partial charge in [0, 0.05) is 18.3 Å². The van der Waals surface area contributed by atoms with Crippen LogP contribution in [0.5, 0.6) is 5.88 Å². The molecular formula is C20H24N2O3. The summed E-state index contributed by atoms with van der Waals surface area (Å²) in [5, 5.41) is 3.05. The van der Waals surface area contributed by atoms with Crippen LogP contribution in [0, 0.1) is 0 Å². The summed E-state index contributed by atoms with van der Waals surface area (Å²) in [6.07, 6.45) is 5.59. The molecular weight excluding hydrogens is 316 g/mol. The van der Waals surface area contributed by atoms with E-state index in [0.717, 1.165) is 31.2 Å². The van der Waals surface area contributed by atoms with Gasteiger partial charge in [0.25, 0.3) is 0 Å². The number of aromatic nitrogens is 1. The second-order valence-corrected chi connectivity index (χ2v) is 6.31. The van der Waals surface area contributed by atoms with Gasteiger partial charge in [-0.05, 0) is 37.3 Å². The van der Waals surface area contributed by atoms with Crippen LogP contribution in [-0.2, 0) is 16.1 Å². The van der Waals surface area contributed by atoms with Gasteiger partial charge in [-0.2, -0.15) is 0 Å². The first kappa shape index (κ1) is 17.4. The van der Waals surface area contributed by atoms with Crippen LogP contribution in [0.3, 0.4) is 0 Å². The Hall–Kier alpha value is -2.40. The minimum absolute atomic E-state index is 0.0509. The van der Waals surface area contributed by atoms with Gasteiger partial charge >= 0.3 is 0 Å². The third-order valence-electron chi connectivity index (χ3n) is 4.31. The minimum Gasteiger partial charge on any atom is -0.474 e. The molecule has 1 aromatic heterocycles. The summed E-state index contributed by atoms with van der Waals surface area (Å²) in [6, 6.07) is 15.7. The number of amides is 1. The minimum atomic E-state index is -0.0509. The summed E-state index contributed by atoms with van der Waals surface area (Å²) in [5.74, 6) is 0.620. The lowest BCUT2D eigenvalue weighted by molar-refractivity contribution is -0.127. The number of nitrogens with one attached hydrogen (secondary N) is 1. The Morgan fingerprint density at radius 1 is 1.04 bits per heavy atom. The van der Waals surface area contributed by atoms with Crippen molar-refractivity contribution in [1.29, 1.82) is 0 Å². The van der Waals surface area contributed by atoms with Crippen LogP contribution in [0.2, 0.25) is 0 Å². The lowest BCUT2D eigenvalue weighted by Gasteiger charge is -2.29. The van der Waals surface area contributed by atoms with E-state index in [0.29, 0.717) is 12.5 Å². The zero-order valence-corrected chi connectivity index (χ0v) is 14.3. The van der Waals surface area contributed by atoms with Gasteiger partial charge in [0.15, 0.2) is 0 Å². The molecule has 1 heterocycles. The maximum absolute atomic E-state index is 12.0. The molecule has 0 aliphatic heterocycles. The maximum atomic E-state index is 12.0. The highest BCUT2D eigenvalue weighted by Crippen LogP contribution is 2.22. The maximum Gasteiger partial charge on any atom is 0.246 e. The monoisotopic (exact) mass is 340 g/mol. The van der Waals surface area contributed by atoms with Crippen molar-refractivity contribution in [2.45, 2.75) is 44.4 Å². The van der Waals surface area contributed by atoms with E-state index in [9.17, 15) is 4.79 Å². The summed E-state index contributed by atoms with van der Waals surface area (Å²) in [5.41, 5.74) is 1.07. The van der Waals surface area contributed by atoms with Crippen molar-refractivity contribution in [2.24, 2.45) is 0 Å². The molecule has 1 saturated carbocycles. The molecule has 5 heteroatoms. The van der Waals surface area contributed by atoms with E-state index < -0.39 is 0 Å². The lowest BCUT2D eigenvalue weighted by Crippen LogP contribution is -2.41. The van der Waals surface area contributed by atoms with Crippen LogP contribution in [0.25, 0.3) is 0 Å². The van der Waals surface area contributed by atoms with Crippen LogP contribution >= 0.6 is 0 Å². The van der Waals surface area contributed by atoms with E-state index in [-0.39, 0.29) is 24.7 Å². The van der Waals surface area contributed by atoms with E-state index in [2.05, 4.69) is 10.3 Å². The molecule has 1 amide bonds. The Morgan fingerprint density at radius 2 is 1.80 bits per heavy atom. The number of carbonyl (C=O) groups is 1. The molecule has 0 spiro atoms. The fourth-order valence-electron chi connectivity index (χ4n) is 3.02. The van der Waals surface area contributed by atoms with Crippen LogP contribution in [0.15, 0.2) is 54.7 Å². The summed E-state index contributed by atoms with van der Waals surface area (Å²) in [6.45, 7) is 0.554. The Morgan fingerprint density at radius 3 is 2.52 bits per heavy atom. The average Bonchev–Trinajstić information content (AvgIpc) is 2.65. The Labute approximate surface area is 148 Å². The van der Waals surface area contributed by atoms with E-state index >= 15 is 0 Å². The Kier molecular flexibility index (Phi) is 6.40. The summed E-state index contributed by atoms with van der Waals surface area (Å²) in [7, 11) is 0. The topological polar surface area (TPSA) is 60.5 Å². The van der Waals surface area contributed by atoms with Crippen molar-refractivity contribution in [3.8, 4) is 5.88 Å². The van der Waals surface area contributed by atoms with E-state index in [1.807, 2.05) is 48.5 Å². The molecule has 25 heavy (non-hydrogen) atoms. The molecule has 3 rings (SSSR count). The zero-order chi connectivity index (χ0) is 17.3. The zero-order valence-electron chi connectivity index (χ0n) is 14.3. The van der Waals surface area contributed by atoms with Crippen molar-refractivity contribution in [2.75, 3.05) is 6.61 Å². The fourth-order valence-corrected chi connectivity index (χ4v) is 3.02. The van der Waals surface area contributed by atoms with Gasteiger partial charge in [-0.25, -0.2) is 4.98 Å². The highest BCUT2D eigenvalue weighted by Gasteiger charge is 2.23. The molecule has 1 N–H and O–H groups in total. The van der Waals surface area contributed by atoms with Gasteiger partial charge in [0.05, 0.1) is 6.61 Å². The second kappa shape index (κ2) is 9.18. The largest absolute Gasteiger partial charge is 0.474 e. The molecule has 0 atom stereocenters. The number of rotatable bonds is 7. The second-order valence-electron chi connectivity index (χ2n) is 6.31. The first-order valence-electron chi connectivity index (χ1n) is 8.78. The Balaban J connectivity index is 1.32. The van der Waals surface area contributed by atoms with Gasteiger partial charge in [-0.3, -0.25) is 4.79 Å². The third-order valence-corrected chi connectivity index (χ3v) is 4.31. The number of carbonyl (C=O) groups excluding carboxylic acids is 1. The molecule has 5 nitrogen and oxygen atoms in total. The third kappa shape index (κ3) is 5.87. The first-order valence-corrected chi connectivity index (χ1v) is 8.78. The highest BCUT2D eigenvalue weighted by atomic mass is 16.5. The van der Waals surface area contributed by atoms with Gasteiger partial charge in [-0.1, -0.05) is 36.4 Å². The summed E-state index contributed by atoms with van der Waals surface area (Å²) >= 11 is 0. The van der Waals surface area contributed by atoms with Crippen LogP contribution in [0.1, 0.15) is 31.2 Å². The number of hydrogen-bond donors (Lipinski definition) is 1. The molecule has 1 aliphatic carbocycles. The van der Waals surface area contributed by atoms with Gasteiger partial charge < -0.3 is 14.8 Å². The molecule has 0 unspecified atom stereocenters. The molecule has 0 radical (unpaired) electrons. The SMILES string of the molecule is O=C(COCc1ccccc1)NC1CCC(Oc2ccccn2)CC1. The molecule has 0 bridgehead atoms. The number of nitrogens with zero attached hydrogens (tertiary/aromatic N) is 1. The molecule has 2 aromatic rings. The lowest BCUT2D eigenvalue weighted by atomic mass is 9.93. The average molecular weight is 340 g/mol.